The molecule has 0 bridgehead atoms. The van der Waals surface area contributed by atoms with Crippen LogP contribution in [-0.2, 0) is 15.9 Å². The highest BCUT2D eigenvalue weighted by Gasteiger charge is 2.31. The second-order valence-electron chi connectivity index (χ2n) is 6.87. The Morgan fingerprint density at radius 1 is 1.13 bits per heavy atom. The van der Waals surface area contributed by atoms with Crippen molar-refractivity contribution in [2.75, 3.05) is 39.9 Å². The summed E-state index contributed by atoms with van der Waals surface area (Å²) in [7, 11) is 4.65. The minimum atomic E-state index is -0.660. The summed E-state index contributed by atoms with van der Waals surface area (Å²) >= 11 is 0. The highest BCUT2D eigenvalue weighted by atomic mass is 19.1. The van der Waals surface area contributed by atoms with Crippen LogP contribution in [0.15, 0.2) is 36.4 Å². The van der Waals surface area contributed by atoms with E-state index in [0.717, 1.165) is 21.4 Å². The Morgan fingerprint density at radius 3 is 2.61 bits per heavy atom. The van der Waals surface area contributed by atoms with Gasteiger partial charge in [-0.1, -0.05) is 6.07 Å². The molecule has 9 heteroatoms. The topological polar surface area (TPSA) is 83.8 Å². The van der Waals surface area contributed by atoms with E-state index in [-0.39, 0.29) is 13.2 Å². The van der Waals surface area contributed by atoms with E-state index in [1.807, 2.05) is 12.1 Å². The Labute approximate surface area is 178 Å². The largest absolute Gasteiger partial charge is 0.493 e. The van der Waals surface area contributed by atoms with Crippen molar-refractivity contribution in [2.45, 2.75) is 6.42 Å². The van der Waals surface area contributed by atoms with E-state index in [4.69, 9.17) is 18.9 Å². The molecule has 0 amide bonds. The Morgan fingerprint density at radius 2 is 1.90 bits per heavy atom. The Balaban J connectivity index is 1.77. The van der Waals surface area contributed by atoms with Crippen LogP contribution in [0.25, 0.3) is 11.3 Å². The molecule has 8 nitrogen and oxygen atoms in total. The number of aromatic nitrogens is 2. The molecule has 0 unspecified atom stereocenters. The van der Waals surface area contributed by atoms with Gasteiger partial charge in [0.1, 0.15) is 18.2 Å². The molecule has 0 saturated carbocycles. The monoisotopic (exact) mass is 427 g/mol. The molecule has 162 valence electrons. The van der Waals surface area contributed by atoms with E-state index < -0.39 is 11.9 Å². The fourth-order valence-electron chi connectivity index (χ4n) is 3.55. The molecular formula is C22H22FN3O5. The normalized spacial score (nSPS) is 11.6. The van der Waals surface area contributed by atoms with Gasteiger partial charge in [-0.3, -0.25) is 0 Å². The van der Waals surface area contributed by atoms with Crippen molar-refractivity contribution >= 4 is 17.6 Å². The van der Waals surface area contributed by atoms with E-state index in [2.05, 4.69) is 10.4 Å². The average molecular weight is 427 g/mol. The number of nitrogens with one attached hydrogen (secondary N) is 1. The van der Waals surface area contributed by atoms with Gasteiger partial charge in [-0.25, -0.2) is 9.18 Å². The molecule has 4 rings (SSSR count). The van der Waals surface area contributed by atoms with Gasteiger partial charge in [-0.2, -0.15) is 5.10 Å². The molecule has 1 aliphatic carbocycles. The lowest BCUT2D eigenvalue weighted by atomic mass is 10.1. The molecule has 0 saturated heterocycles. The second kappa shape index (κ2) is 8.65. The van der Waals surface area contributed by atoms with Crippen molar-refractivity contribution in [1.29, 1.82) is 0 Å². The van der Waals surface area contributed by atoms with Crippen LogP contribution < -0.4 is 14.8 Å². The molecule has 3 aromatic rings. The number of benzene rings is 2. The van der Waals surface area contributed by atoms with E-state index in [1.165, 1.54) is 19.2 Å². The van der Waals surface area contributed by atoms with Crippen LogP contribution in [0.2, 0.25) is 0 Å². The number of methoxy groups -OCH3 is 3. The number of anilines is 2. The number of halogens is 1. The van der Waals surface area contributed by atoms with Gasteiger partial charge in [-0.15, -0.1) is 4.68 Å². The summed E-state index contributed by atoms with van der Waals surface area (Å²) in [6.07, 6.45) is -0.152. The van der Waals surface area contributed by atoms with Gasteiger partial charge < -0.3 is 24.3 Å². The Hall–Kier alpha value is -3.59. The van der Waals surface area contributed by atoms with Crippen LogP contribution in [-0.4, -0.2) is 50.4 Å². The third-order valence-electron chi connectivity index (χ3n) is 4.99. The molecule has 0 atom stereocenters. The van der Waals surface area contributed by atoms with Crippen molar-refractivity contribution in [3.8, 4) is 22.8 Å². The fraction of sp³-hybridized carbons (Fsp3) is 0.273. The van der Waals surface area contributed by atoms with Crippen LogP contribution in [0, 0.1) is 5.82 Å². The summed E-state index contributed by atoms with van der Waals surface area (Å²) in [6.45, 7) is 0.347. The standard InChI is InChI=1S/C22H22FN3O5/c1-28-7-8-31-22(27)26-21(24-15-6-4-5-14(23)11-15)17-9-13-10-18(29-2)19(30-3)12-16(13)20(17)25-26/h4-6,10-12,24H,7-9H2,1-3H3. The van der Waals surface area contributed by atoms with Crippen molar-refractivity contribution in [3.63, 3.8) is 0 Å². The SMILES string of the molecule is COCCOC(=O)n1nc2c(c1Nc1cccc(F)c1)Cc1cc(OC)c(OC)cc1-2. The van der Waals surface area contributed by atoms with E-state index in [0.29, 0.717) is 35.1 Å². The minimum absolute atomic E-state index is 0.0842. The maximum atomic E-state index is 13.7. The predicted octanol–water partition coefficient (Wildman–Crippen LogP) is 3.99. The van der Waals surface area contributed by atoms with Gasteiger partial charge in [0.25, 0.3) is 0 Å². The predicted molar refractivity (Wildman–Crippen MR) is 112 cm³/mol. The zero-order valence-electron chi connectivity index (χ0n) is 17.4. The Kier molecular flexibility index (Phi) is 5.77. The number of carbonyl (C=O) groups is 1. The second-order valence-corrected chi connectivity index (χ2v) is 6.87. The lowest BCUT2D eigenvalue weighted by Gasteiger charge is -2.12. The fourth-order valence-corrected chi connectivity index (χ4v) is 3.55. The number of hydrogen-bond donors (Lipinski definition) is 1. The van der Waals surface area contributed by atoms with Gasteiger partial charge in [-0.05, 0) is 35.9 Å². The van der Waals surface area contributed by atoms with Gasteiger partial charge in [0, 0.05) is 30.3 Å². The Bertz CT molecular complexity index is 1130. The first-order valence-electron chi connectivity index (χ1n) is 9.61. The maximum absolute atomic E-state index is 13.7. The first kappa shape index (κ1) is 20.7. The third-order valence-corrected chi connectivity index (χ3v) is 4.99. The number of rotatable bonds is 7. The summed E-state index contributed by atoms with van der Waals surface area (Å²) in [6, 6.07) is 9.70. The van der Waals surface area contributed by atoms with Crippen molar-refractivity contribution in [1.82, 2.24) is 9.78 Å². The molecular weight excluding hydrogens is 405 g/mol. The highest BCUT2D eigenvalue weighted by Crippen LogP contribution is 2.45. The molecule has 1 aromatic heterocycles. The first-order valence-corrected chi connectivity index (χ1v) is 9.61. The van der Waals surface area contributed by atoms with Crippen LogP contribution in [0.1, 0.15) is 11.1 Å². The molecule has 0 spiro atoms. The molecule has 0 aliphatic heterocycles. The van der Waals surface area contributed by atoms with Crippen molar-refractivity contribution in [3.05, 3.63) is 53.3 Å². The quantitative estimate of drug-likeness (QED) is 0.447. The molecule has 0 fully saturated rings. The summed E-state index contributed by atoms with van der Waals surface area (Å²) < 4.78 is 35.9. The lowest BCUT2D eigenvalue weighted by Crippen LogP contribution is -2.19. The summed E-state index contributed by atoms with van der Waals surface area (Å²) in [4.78, 5) is 12.7. The zero-order valence-corrected chi connectivity index (χ0v) is 17.4. The average Bonchev–Trinajstić information content (AvgIpc) is 3.29. The number of hydrogen-bond acceptors (Lipinski definition) is 7. The van der Waals surface area contributed by atoms with Crippen molar-refractivity contribution in [2.24, 2.45) is 0 Å². The number of carbonyl (C=O) groups excluding carboxylic acids is 1. The number of fused-ring (bicyclic) bond motifs is 3. The summed E-state index contributed by atoms with van der Waals surface area (Å²) in [5.74, 6) is 1.19. The molecule has 1 aliphatic rings. The molecule has 2 aromatic carbocycles. The number of ether oxygens (including phenoxy) is 4. The van der Waals surface area contributed by atoms with Gasteiger partial charge in [0.05, 0.1) is 26.5 Å². The highest BCUT2D eigenvalue weighted by molar-refractivity contribution is 5.86. The van der Waals surface area contributed by atoms with Crippen LogP contribution >= 0.6 is 0 Å². The molecule has 1 N–H and O–H groups in total. The van der Waals surface area contributed by atoms with E-state index >= 15 is 0 Å². The van der Waals surface area contributed by atoms with Gasteiger partial charge >= 0.3 is 6.09 Å². The molecule has 0 radical (unpaired) electrons. The van der Waals surface area contributed by atoms with Crippen molar-refractivity contribution < 1.29 is 28.1 Å². The van der Waals surface area contributed by atoms with Gasteiger partial charge in [0.15, 0.2) is 11.5 Å². The minimum Gasteiger partial charge on any atom is -0.493 e. The summed E-state index contributed by atoms with van der Waals surface area (Å²) in [5.41, 5.74) is 3.72. The van der Waals surface area contributed by atoms with Gasteiger partial charge in [0.2, 0.25) is 0 Å². The van der Waals surface area contributed by atoms with E-state index in [9.17, 15) is 9.18 Å². The molecule has 1 heterocycles. The number of nitrogens with zero attached hydrogens (tertiary/aromatic N) is 2. The van der Waals surface area contributed by atoms with Crippen LogP contribution in [0.3, 0.4) is 0 Å². The maximum Gasteiger partial charge on any atom is 0.436 e. The zero-order chi connectivity index (χ0) is 22.0. The van der Waals surface area contributed by atoms with E-state index in [1.54, 1.807) is 26.4 Å². The molecule has 31 heavy (non-hydrogen) atoms. The summed E-state index contributed by atoms with van der Waals surface area (Å²) in [5, 5.41) is 7.63. The third kappa shape index (κ3) is 3.91. The smallest absolute Gasteiger partial charge is 0.436 e. The first-order chi connectivity index (χ1) is 15.0. The van der Waals surface area contributed by atoms with Crippen LogP contribution in [0.5, 0.6) is 11.5 Å². The van der Waals surface area contributed by atoms with Crippen LogP contribution in [0.4, 0.5) is 20.7 Å². The lowest BCUT2D eigenvalue weighted by molar-refractivity contribution is 0.0979.